The molecule has 25 heavy (non-hydrogen) atoms. The van der Waals surface area contributed by atoms with E-state index in [2.05, 4.69) is 60.5 Å². The molecule has 0 aliphatic carbocycles. The van der Waals surface area contributed by atoms with E-state index >= 15 is 0 Å². The van der Waals surface area contributed by atoms with Crippen LogP contribution in [0.25, 0.3) is 11.1 Å². The number of Topliss-reactive ketones (excluding diaryl/α,β-unsaturated/α-hetero) is 1. The summed E-state index contributed by atoms with van der Waals surface area (Å²) in [5, 5.41) is 0. The smallest absolute Gasteiger partial charge is 0.137 e. The lowest BCUT2D eigenvalue weighted by Crippen LogP contribution is -2.48. The fourth-order valence-electron chi connectivity index (χ4n) is 5.04. The van der Waals surface area contributed by atoms with Gasteiger partial charge in [0.15, 0.2) is 0 Å². The molecule has 2 fully saturated rings. The highest BCUT2D eigenvalue weighted by atomic mass is 16.1. The first-order valence-electron chi connectivity index (χ1n) is 9.59. The number of nitrogens with zero attached hydrogens (tertiary/aromatic N) is 1. The van der Waals surface area contributed by atoms with Gasteiger partial charge >= 0.3 is 0 Å². The maximum atomic E-state index is 12.7. The molecule has 2 aliphatic heterocycles. The minimum atomic E-state index is 0.163. The SMILES string of the molecule is CCC(=O)C1C(c2ccc(-c3ccccc3)cc2)CC2CCC1N2C. The Balaban J connectivity index is 1.64. The van der Waals surface area contributed by atoms with Crippen molar-refractivity contribution in [2.24, 2.45) is 5.92 Å². The van der Waals surface area contributed by atoms with Crippen LogP contribution in [0.2, 0.25) is 0 Å². The van der Waals surface area contributed by atoms with Crippen molar-refractivity contribution < 1.29 is 4.79 Å². The highest BCUT2D eigenvalue weighted by molar-refractivity contribution is 5.83. The zero-order valence-corrected chi connectivity index (χ0v) is 15.2. The second kappa shape index (κ2) is 6.76. The molecule has 0 spiro atoms. The molecule has 2 aromatic carbocycles. The summed E-state index contributed by atoms with van der Waals surface area (Å²) >= 11 is 0. The summed E-state index contributed by atoms with van der Waals surface area (Å²) in [4.78, 5) is 15.2. The summed E-state index contributed by atoms with van der Waals surface area (Å²) < 4.78 is 0. The van der Waals surface area contributed by atoms with Crippen LogP contribution in [0.5, 0.6) is 0 Å². The van der Waals surface area contributed by atoms with Gasteiger partial charge in [0.1, 0.15) is 5.78 Å². The predicted molar refractivity (Wildman–Crippen MR) is 103 cm³/mol. The highest BCUT2D eigenvalue weighted by Crippen LogP contribution is 2.47. The van der Waals surface area contributed by atoms with Crippen molar-refractivity contribution >= 4 is 5.78 Å². The van der Waals surface area contributed by atoms with Crippen LogP contribution in [0.4, 0.5) is 0 Å². The normalized spacial score (nSPS) is 28.9. The van der Waals surface area contributed by atoms with Gasteiger partial charge in [-0.05, 0) is 48.9 Å². The van der Waals surface area contributed by atoms with Gasteiger partial charge in [0.05, 0.1) is 0 Å². The molecule has 0 N–H and O–H groups in total. The fraction of sp³-hybridized carbons (Fsp3) is 0.435. The Morgan fingerprint density at radius 3 is 2.36 bits per heavy atom. The van der Waals surface area contributed by atoms with E-state index in [1.165, 1.54) is 29.5 Å². The van der Waals surface area contributed by atoms with Gasteiger partial charge in [-0.2, -0.15) is 0 Å². The Hall–Kier alpha value is -1.93. The molecule has 2 saturated heterocycles. The molecule has 0 radical (unpaired) electrons. The fourth-order valence-corrected chi connectivity index (χ4v) is 5.04. The minimum Gasteiger partial charge on any atom is -0.300 e. The lowest BCUT2D eigenvalue weighted by molar-refractivity contribution is -0.126. The van der Waals surface area contributed by atoms with E-state index in [0.29, 0.717) is 30.2 Å². The van der Waals surface area contributed by atoms with E-state index < -0.39 is 0 Å². The summed E-state index contributed by atoms with van der Waals surface area (Å²) in [6.45, 7) is 2.01. The van der Waals surface area contributed by atoms with Crippen molar-refractivity contribution in [3.05, 3.63) is 60.2 Å². The summed E-state index contributed by atoms with van der Waals surface area (Å²) in [5.74, 6) is 0.983. The molecule has 0 saturated carbocycles. The van der Waals surface area contributed by atoms with Crippen molar-refractivity contribution in [2.75, 3.05) is 7.05 Å². The molecule has 2 bridgehead atoms. The molecule has 130 valence electrons. The van der Waals surface area contributed by atoms with Gasteiger partial charge in [-0.1, -0.05) is 61.5 Å². The number of benzene rings is 2. The Kier molecular flexibility index (Phi) is 4.47. The maximum absolute atomic E-state index is 12.7. The zero-order valence-electron chi connectivity index (χ0n) is 15.2. The van der Waals surface area contributed by atoms with Crippen LogP contribution in [-0.4, -0.2) is 29.8 Å². The van der Waals surface area contributed by atoms with Crippen LogP contribution < -0.4 is 0 Å². The summed E-state index contributed by atoms with van der Waals surface area (Å²) in [6, 6.07) is 20.5. The highest BCUT2D eigenvalue weighted by Gasteiger charge is 2.48. The molecule has 4 rings (SSSR count). The minimum absolute atomic E-state index is 0.163. The standard InChI is InChI=1S/C23H27NO/c1-3-22(25)23-20(15-19-13-14-21(23)24(19)2)18-11-9-17(10-12-18)16-7-5-4-6-8-16/h4-12,19-21,23H,3,13-15H2,1-2H3. The largest absolute Gasteiger partial charge is 0.300 e. The number of carbonyl (C=O) groups excluding carboxylic acids is 1. The van der Waals surface area contributed by atoms with E-state index in [-0.39, 0.29) is 5.92 Å². The molecule has 4 unspecified atom stereocenters. The van der Waals surface area contributed by atoms with Crippen LogP contribution in [0.3, 0.4) is 0 Å². The molecule has 0 aromatic heterocycles. The van der Waals surface area contributed by atoms with Gasteiger partial charge in [0.2, 0.25) is 0 Å². The van der Waals surface area contributed by atoms with Crippen molar-refractivity contribution in [1.82, 2.24) is 4.90 Å². The Morgan fingerprint density at radius 2 is 1.68 bits per heavy atom. The van der Waals surface area contributed by atoms with Crippen LogP contribution in [0.15, 0.2) is 54.6 Å². The molecule has 4 atom stereocenters. The maximum Gasteiger partial charge on any atom is 0.137 e. The first-order valence-corrected chi connectivity index (χ1v) is 9.59. The molecular formula is C23H27NO. The third kappa shape index (κ3) is 2.93. The molecule has 2 nitrogen and oxygen atoms in total. The average molecular weight is 333 g/mol. The molecule has 0 amide bonds. The molecule has 2 aromatic rings. The van der Waals surface area contributed by atoms with Crippen LogP contribution in [-0.2, 0) is 4.79 Å². The van der Waals surface area contributed by atoms with Gasteiger partial charge in [0, 0.05) is 24.4 Å². The Bertz CT molecular complexity index is 736. The number of ketones is 1. The van der Waals surface area contributed by atoms with E-state index in [1.54, 1.807) is 0 Å². The van der Waals surface area contributed by atoms with Crippen molar-refractivity contribution in [1.29, 1.82) is 0 Å². The van der Waals surface area contributed by atoms with E-state index in [4.69, 9.17) is 0 Å². The Morgan fingerprint density at radius 1 is 1.00 bits per heavy atom. The topological polar surface area (TPSA) is 20.3 Å². The Labute approximate surface area is 150 Å². The first kappa shape index (κ1) is 16.5. The second-order valence-electron chi connectivity index (χ2n) is 7.64. The third-order valence-electron chi connectivity index (χ3n) is 6.43. The number of piperidine rings is 1. The summed E-state index contributed by atoms with van der Waals surface area (Å²) in [7, 11) is 2.22. The third-order valence-corrected chi connectivity index (χ3v) is 6.43. The molecule has 2 aliphatic rings. The van der Waals surface area contributed by atoms with Crippen molar-refractivity contribution in [2.45, 2.75) is 50.6 Å². The molecular weight excluding hydrogens is 306 g/mol. The quantitative estimate of drug-likeness (QED) is 0.793. The van der Waals surface area contributed by atoms with Crippen molar-refractivity contribution in [3.8, 4) is 11.1 Å². The predicted octanol–water partition coefficient (Wildman–Crippen LogP) is 4.90. The summed E-state index contributed by atoms with van der Waals surface area (Å²) in [5.41, 5.74) is 3.84. The van der Waals surface area contributed by atoms with Crippen molar-refractivity contribution in [3.63, 3.8) is 0 Å². The number of hydrogen-bond acceptors (Lipinski definition) is 2. The van der Waals surface area contributed by atoms with Gasteiger partial charge in [-0.25, -0.2) is 0 Å². The number of fused-ring (bicyclic) bond motifs is 2. The number of rotatable bonds is 4. The van der Waals surface area contributed by atoms with E-state index in [1.807, 2.05) is 13.0 Å². The first-order chi connectivity index (χ1) is 12.2. The van der Waals surface area contributed by atoms with Crippen LogP contribution >= 0.6 is 0 Å². The molecule has 2 heteroatoms. The monoisotopic (exact) mass is 333 g/mol. The summed E-state index contributed by atoms with van der Waals surface area (Å²) in [6.07, 6.45) is 4.19. The lowest BCUT2D eigenvalue weighted by atomic mass is 9.73. The average Bonchev–Trinajstić information content (AvgIpc) is 2.90. The van der Waals surface area contributed by atoms with E-state index in [0.717, 1.165) is 6.42 Å². The zero-order chi connectivity index (χ0) is 17.4. The van der Waals surface area contributed by atoms with Gasteiger partial charge < -0.3 is 0 Å². The van der Waals surface area contributed by atoms with E-state index in [9.17, 15) is 4.79 Å². The van der Waals surface area contributed by atoms with Gasteiger partial charge in [0.25, 0.3) is 0 Å². The lowest BCUT2D eigenvalue weighted by Gasteiger charge is -2.42. The number of hydrogen-bond donors (Lipinski definition) is 0. The number of carbonyl (C=O) groups is 1. The van der Waals surface area contributed by atoms with Crippen LogP contribution in [0.1, 0.15) is 44.1 Å². The van der Waals surface area contributed by atoms with Gasteiger partial charge in [-0.3, -0.25) is 9.69 Å². The second-order valence-corrected chi connectivity index (χ2v) is 7.64. The van der Waals surface area contributed by atoms with Gasteiger partial charge in [-0.15, -0.1) is 0 Å². The van der Waals surface area contributed by atoms with Crippen LogP contribution in [0, 0.1) is 5.92 Å². The molecule has 2 heterocycles.